The van der Waals surface area contributed by atoms with Crippen LogP contribution < -0.4 is 27.4 Å². The Morgan fingerprint density at radius 3 is 2.03 bits per heavy atom. The maximum absolute atomic E-state index is 13.4. The highest BCUT2D eigenvalue weighted by Gasteiger charge is 2.31. The van der Waals surface area contributed by atoms with E-state index < -0.39 is 41.8 Å². The molecule has 0 heterocycles. The molecule has 0 bridgehead atoms. The molecular weight excluding hydrogens is 500 g/mol. The Balaban J connectivity index is 2.18. The summed E-state index contributed by atoms with van der Waals surface area (Å²) in [6.45, 7) is 3.81. The molecule has 3 atom stereocenters. The van der Waals surface area contributed by atoms with E-state index in [0.717, 1.165) is 5.56 Å². The second kappa shape index (κ2) is 15.8. The number of ether oxygens (including phenoxy) is 1. The highest BCUT2D eigenvalue weighted by atomic mass is 16.5. The third kappa shape index (κ3) is 10.5. The van der Waals surface area contributed by atoms with Gasteiger partial charge in [-0.1, -0.05) is 62.4 Å². The molecule has 2 aromatic carbocycles. The summed E-state index contributed by atoms with van der Waals surface area (Å²) in [6, 6.07) is 14.9. The molecular formula is C28H38N6O5. The zero-order valence-corrected chi connectivity index (χ0v) is 22.6. The first-order valence-corrected chi connectivity index (χ1v) is 12.8. The number of rotatable bonds is 14. The van der Waals surface area contributed by atoms with Gasteiger partial charge in [0, 0.05) is 18.5 Å². The van der Waals surface area contributed by atoms with Gasteiger partial charge in [-0.3, -0.25) is 19.4 Å². The zero-order chi connectivity index (χ0) is 28.8. The number of hydrogen-bond donors (Lipinski definition) is 5. The van der Waals surface area contributed by atoms with E-state index in [2.05, 4.69) is 20.9 Å². The van der Waals surface area contributed by atoms with E-state index in [9.17, 15) is 19.2 Å². The van der Waals surface area contributed by atoms with Crippen LogP contribution in [0.1, 0.15) is 42.6 Å². The Hall–Kier alpha value is -4.41. The minimum Gasteiger partial charge on any atom is -0.467 e. The van der Waals surface area contributed by atoms with Crippen LogP contribution in [-0.4, -0.2) is 61.4 Å². The number of benzene rings is 2. The molecule has 11 nitrogen and oxygen atoms in total. The van der Waals surface area contributed by atoms with Gasteiger partial charge in [0.15, 0.2) is 5.96 Å². The Morgan fingerprint density at radius 2 is 1.46 bits per heavy atom. The number of carbonyl (C=O) groups excluding carboxylic acids is 4. The maximum atomic E-state index is 13.4. The Labute approximate surface area is 228 Å². The second-order valence-electron chi connectivity index (χ2n) is 9.35. The van der Waals surface area contributed by atoms with Crippen molar-refractivity contribution >= 4 is 29.7 Å². The van der Waals surface area contributed by atoms with E-state index in [4.69, 9.17) is 16.2 Å². The van der Waals surface area contributed by atoms with E-state index in [0.29, 0.717) is 12.0 Å². The standard InChI is InChI=1S/C28H38N6O5/c1-18(2)23(26(37)32-21(27(38)39-3)15-10-16-31-28(29)30)34-25(36)22(17-19-11-6-4-7-12-19)33-24(35)20-13-8-5-9-14-20/h4-9,11-14,18,21-23H,10,15-17H2,1-3H3,(H,32,37)(H,33,35)(H,34,36)(H4,29,30,31)/t21-,22-,23-/m0/s1. The van der Waals surface area contributed by atoms with Gasteiger partial charge in [0.1, 0.15) is 18.1 Å². The lowest BCUT2D eigenvalue weighted by molar-refractivity contribution is -0.145. The van der Waals surface area contributed by atoms with Gasteiger partial charge in [0.25, 0.3) is 5.91 Å². The van der Waals surface area contributed by atoms with Crippen LogP contribution in [0.4, 0.5) is 0 Å². The molecule has 0 saturated carbocycles. The topological polar surface area (TPSA) is 178 Å². The van der Waals surface area contributed by atoms with Crippen LogP contribution in [-0.2, 0) is 25.5 Å². The average molecular weight is 539 g/mol. The van der Waals surface area contributed by atoms with Crippen molar-refractivity contribution in [3.63, 3.8) is 0 Å². The first kappa shape index (κ1) is 30.8. The quantitative estimate of drug-likeness (QED) is 0.103. The predicted octanol–water partition coefficient (Wildman–Crippen LogP) is 0.880. The fourth-order valence-corrected chi connectivity index (χ4v) is 3.84. The smallest absolute Gasteiger partial charge is 0.328 e. The summed E-state index contributed by atoms with van der Waals surface area (Å²) in [6.07, 6.45) is 0.867. The van der Waals surface area contributed by atoms with Gasteiger partial charge in [-0.2, -0.15) is 0 Å². The van der Waals surface area contributed by atoms with Crippen LogP contribution in [0.2, 0.25) is 0 Å². The number of methoxy groups -OCH3 is 1. The van der Waals surface area contributed by atoms with Crippen LogP contribution in [0.25, 0.3) is 0 Å². The number of hydrogen-bond acceptors (Lipinski definition) is 6. The number of nitrogens with one attached hydrogen (secondary N) is 3. The summed E-state index contributed by atoms with van der Waals surface area (Å²) in [5.74, 6) is -2.51. The summed E-state index contributed by atoms with van der Waals surface area (Å²) in [5, 5.41) is 8.22. The summed E-state index contributed by atoms with van der Waals surface area (Å²) in [4.78, 5) is 55.7. The van der Waals surface area contributed by atoms with Gasteiger partial charge < -0.3 is 32.2 Å². The van der Waals surface area contributed by atoms with Crippen molar-refractivity contribution in [3.8, 4) is 0 Å². The number of aliphatic imine (C=N–C) groups is 1. The highest BCUT2D eigenvalue weighted by molar-refractivity contribution is 5.98. The van der Waals surface area contributed by atoms with Crippen LogP contribution in [0, 0.1) is 5.92 Å². The lowest BCUT2D eigenvalue weighted by Gasteiger charge is -2.27. The molecule has 0 unspecified atom stereocenters. The van der Waals surface area contributed by atoms with Gasteiger partial charge in [0.2, 0.25) is 11.8 Å². The first-order chi connectivity index (χ1) is 18.6. The Kier molecular flexibility index (Phi) is 12.4. The molecule has 210 valence electrons. The Morgan fingerprint density at radius 1 is 0.846 bits per heavy atom. The minimum atomic E-state index is -0.978. The molecule has 0 aliphatic rings. The third-order valence-electron chi connectivity index (χ3n) is 5.93. The molecule has 2 aromatic rings. The molecule has 39 heavy (non-hydrogen) atoms. The van der Waals surface area contributed by atoms with Crippen LogP contribution in [0.15, 0.2) is 65.7 Å². The molecule has 0 spiro atoms. The van der Waals surface area contributed by atoms with Crippen molar-refractivity contribution in [3.05, 3.63) is 71.8 Å². The molecule has 0 aliphatic carbocycles. The van der Waals surface area contributed by atoms with Crippen molar-refractivity contribution in [1.29, 1.82) is 0 Å². The molecule has 11 heteroatoms. The number of nitrogens with zero attached hydrogens (tertiary/aromatic N) is 1. The van der Waals surface area contributed by atoms with Gasteiger partial charge >= 0.3 is 5.97 Å². The molecule has 7 N–H and O–H groups in total. The molecule has 2 rings (SSSR count). The lowest BCUT2D eigenvalue weighted by atomic mass is 10.00. The summed E-state index contributed by atoms with van der Waals surface area (Å²) < 4.78 is 4.83. The maximum Gasteiger partial charge on any atom is 0.328 e. The zero-order valence-electron chi connectivity index (χ0n) is 22.6. The third-order valence-corrected chi connectivity index (χ3v) is 5.93. The van der Waals surface area contributed by atoms with Crippen molar-refractivity contribution in [2.45, 2.75) is 51.2 Å². The Bertz CT molecular complexity index is 1120. The van der Waals surface area contributed by atoms with E-state index in [1.54, 1.807) is 44.2 Å². The molecule has 0 saturated heterocycles. The first-order valence-electron chi connectivity index (χ1n) is 12.8. The normalized spacial score (nSPS) is 12.9. The van der Waals surface area contributed by atoms with Gasteiger partial charge in [0.05, 0.1) is 7.11 Å². The molecule has 3 amide bonds. The molecule has 0 aliphatic heterocycles. The van der Waals surface area contributed by atoms with E-state index in [1.807, 2.05) is 30.3 Å². The van der Waals surface area contributed by atoms with Crippen molar-refractivity contribution < 1.29 is 23.9 Å². The van der Waals surface area contributed by atoms with E-state index >= 15 is 0 Å². The number of carbonyl (C=O) groups is 4. The van der Waals surface area contributed by atoms with Crippen molar-refractivity contribution in [1.82, 2.24) is 16.0 Å². The van der Waals surface area contributed by atoms with Gasteiger partial charge in [-0.15, -0.1) is 0 Å². The molecule has 0 radical (unpaired) electrons. The number of amides is 3. The monoisotopic (exact) mass is 538 g/mol. The summed E-state index contributed by atoms with van der Waals surface area (Å²) in [5.41, 5.74) is 11.9. The fourth-order valence-electron chi connectivity index (χ4n) is 3.84. The van der Waals surface area contributed by atoms with Gasteiger partial charge in [-0.25, -0.2) is 4.79 Å². The molecule has 0 fully saturated rings. The summed E-state index contributed by atoms with van der Waals surface area (Å²) >= 11 is 0. The van der Waals surface area contributed by atoms with Crippen molar-refractivity contribution in [2.75, 3.05) is 13.7 Å². The van der Waals surface area contributed by atoms with E-state index in [-0.39, 0.29) is 31.3 Å². The summed E-state index contributed by atoms with van der Waals surface area (Å²) in [7, 11) is 1.23. The SMILES string of the molecule is COC(=O)[C@H](CCCN=C(N)N)NC(=O)[C@@H](NC(=O)[C@H](Cc1ccccc1)NC(=O)c1ccccc1)C(C)C. The number of nitrogens with two attached hydrogens (primary N) is 2. The largest absolute Gasteiger partial charge is 0.467 e. The van der Waals surface area contributed by atoms with Crippen LogP contribution >= 0.6 is 0 Å². The second-order valence-corrected chi connectivity index (χ2v) is 9.35. The predicted molar refractivity (Wildman–Crippen MR) is 148 cm³/mol. The average Bonchev–Trinajstić information content (AvgIpc) is 2.92. The minimum absolute atomic E-state index is 0.0688. The molecule has 0 aromatic heterocycles. The lowest BCUT2D eigenvalue weighted by Crippen LogP contribution is -2.57. The number of guanidine groups is 1. The van der Waals surface area contributed by atoms with E-state index in [1.165, 1.54) is 7.11 Å². The number of esters is 1. The highest BCUT2D eigenvalue weighted by Crippen LogP contribution is 2.10. The van der Waals surface area contributed by atoms with Crippen LogP contribution in [0.3, 0.4) is 0 Å². The van der Waals surface area contributed by atoms with Gasteiger partial charge in [-0.05, 0) is 36.5 Å². The van der Waals surface area contributed by atoms with Crippen molar-refractivity contribution in [2.24, 2.45) is 22.4 Å². The van der Waals surface area contributed by atoms with Crippen LogP contribution in [0.5, 0.6) is 0 Å². The fraction of sp³-hybridized carbons (Fsp3) is 0.393.